The second kappa shape index (κ2) is 3.69. The Balaban J connectivity index is 3.23. The fourth-order valence-corrected chi connectivity index (χ4v) is 1.74. The number of hydrogen-bond acceptors (Lipinski definition) is 2. The van der Waals surface area contributed by atoms with Crippen molar-refractivity contribution in [2.45, 2.75) is 13.8 Å². The lowest BCUT2D eigenvalue weighted by atomic mass is 10.1. The smallest absolute Gasteiger partial charge is 0.119 e. The lowest BCUT2D eigenvalue weighted by Gasteiger charge is -2.19. The molecule has 13 heavy (non-hydrogen) atoms. The van der Waals surface area contributed by atoms with Crippen LogP contribution in [0.15, 0.2) is 12.1 Å². The van der Waals surface area contributed by atoms with Gasteiger partial charge >= 0.3 is 0 Å². The molecule has 72 valence electrons. The van der Waals surface area contributed by atoms with Crippen LogP contribution >= 0.6 is 0 Å². The predicted molar refractivity (Wildman–Crippen MR) is 56.8 cm³/mol. The van der Waals surface area contributed by atoms with Gasteiger partial charge in [-0.15, -0.1) is 0 Å². The van der Waals surface area contributed by atoms with Gasteiger partial charge in [0.05, 0.1) is 7.11 Å². The number of rotatable bonds is 2. The van der Waals surface area contributed by atoms with Crippen molar-refractivity contribution >= 4 is 5.69 Å². The molecular formula is C11H17NO. The molecule has 2 nitrogen and oxygen atoms in total. The zero-order valence-electron chi connectivity index (χ0n) is 9.01. The van der Waals surface area contributed by atoms with Crippen LogP contribution in [0.4, 0.5) is 5.69 Å². The van der Waals surface area contributed by atoms with Crippen LogP contribution in [0.25, 0.3) is 0 Å². The van der Waals surface area contributed by atoms with E-state index in [1.165, 1.54) is 16.8 Å². The van der Waals surface area contributed by atoms with Crippen molar-refractivity contribution in [3.05, 3.63) is 23.3 Å². The SMILES string of the molecule is COc1cc(C)c(N(C)C)c(C)c1. The van der Waals surface area contributed by atoms with Gasteiger partial charge < -0.3 is 9.64 Å². The molecule has 0 atom stereocenters. The molecule has 0 aromatic heterocycles. The number of hydrogen-bond donors (Lipinski definition) is 0. The van der Waals surface area contributed by atoms with E-state index in [4.69, 9.17) is 4.74 Å². The topological polar surface area (TPSA) is 12.5 Å². The predicted octanol–water partition coefficient (Wildman–Crippen LogP) is 2.38. The molecule has 0 unspecified atom stereocenters. The van der Waals surface area contributed by atoms with E-state index in [2.05, 4.69) is 45.0 Å². The first kappa shape index (κ1) is 9.90. The van der Waals surface area contributed by atoms with Gasteiger partial charge in [-0.25, -0.2) is 0 Å². The quantitative estimate of drug-likeness (QED) is 0.691. The van der Waals surface area contributed by atoms with Crippen molar-refractivity contribution in [2.75, 3.05) is 26.1 Å². The molecule has 0 amide bonds. The monoisotopic (exact) mass is 179 g/mol. The Kier molecular flexibility index (Phi) is 2.81. The van der Waals surface area contributed by atoms with E-state index >= 15 is 0 Å². The fraction of sp³-hybridized carbons (Fsp3) is 0.455. The van der Waals surface area contributed by atoms with E-state index in [0.717, 1.165) is 5.75 Å². The van der Waals surface area contributed by atoms with Crippen LogP contribution in [0.1, 0.15) is 11.1 Å². The van der Waals surface area contributed by atoms with Crippen molar-refractivity contribution < 1.29 is 4.74 Å². The number of anilines is 1. The van der Waals surface area contributed by atoms with E-state index < -0.39 is 0 Å². The second-order valence-electron chi connectivity index (χ2n) is 3.50. The molecule has 0 aliphatic rings. The number of nitrogens with zero attached hydrogens (tertiary/aromatic N) is 1. The fourth-order valence-electron chi connectivity index (χ4n) is 1.74. The van der Waals surface area contributed by atoms with Gasteiger partial charge in [-0.2, -0.15) is 0 Å². The van der Waals surface area contributed by atoms with Gasteiger partial charge in [0, 0.05) is 19.8 Å². The minimum absolute atomic E-state index is 0.931. The van der Waals surface area contributed by atoms with Gasteiger partial charge in [-0.1, -0.05) is 0 Å². The second-order valence-corrected chi connectivity index (χ2v) is 3.50. The van der Waals surface area contributed by atoms with Gasteiger partial charge in [0.1, 0.15) is 5.75 Å². The highest BCUT2D eigenvalue weighted by Crippen LogP contribution is 2.27. The third-order valence-corrected chi connectivity index (χ3v) is 2.15. The van der Waals surface area contributed by atoms with Crippen molar-refractivity contribution in [3.63, 3.8) is 0 Å². The standard InChI is InChI=1S/C11H17NO/c1-8-6-10(13-5)7-9(2)11(8)12(3)4/h6-7H,1-5H3. The molecule has 0 fully saturated rings. The molecule has 1 aromatic carbocycles. The normalized spacial score (nSPS) is 9.92. The summed E-state index contributed by atoms with van der Waals surface area (Å²) in [5.74, 6) is 0.931. The lowest BCUT2D eigenvalue weighted by Crippen LogP contribution is -2.11. The van der Waals surface area contributed by atoms with Crippen LogP contribution in [0.5, 0.6) is 5.75 Å². The average Bonchev–Trinajstić information content (AvgIpc) is 2.02. The molecule has 0 spiro atoms. The maximum atomic E-state index is 5.19. The summed E-state index contributed by atoms with van der Waals surface area (Å²) in [5, 5.41) is 0. The van der Waals surface area contributed by atoms with Crippen LogP contribution < -0.4 is 9.64 Å². The summed E-state index contributed by atoms with van der Waals surface area (Å²) in [4.78, 5) is 2.13. The van der Waals surface area contributed by atoms with Gasteiger partial charge in [0.25, 0.3) is 0 Å². The van der Waals surface area contributed by atoms with Crippen LogP contribution in [0.2, 0.25) is 0 Å². The Hall–Kier alpha value is -1.18. The summed E-state index contributed by atoms with van der Waals surface area (Å²) in [6.07, 6.45) is 0. The summed E-state index contributed by atoms with van der Waals surface area (Å²) < 4.78 is 5.19. The number of aryl methyl sites for hydroxylation is 2. The number of benzene rings is 1. The summed E-state index contributed by atoms with van der Waals surface area (Å²) in [6.45, 7) is 4.20. The van der Waals surface area contributed by atoms with E-state index in [1.54, 1.807) is 7.11 Å². The van der Waals surface area contributed by atoms with Gasteiger partial charge in [0.2, 0.25) is 0 Å². The largest absolute Gasteiger partial charge is 0.497 e. The van der Waals surface area contributed by atoms with Crippen LogP contribution in [-0.4, -0.2) is 21.2 Å². The zero-order chi connectivity index (χ0) is 10.0. The molecule has 1 rings (SSSR count). The Bertz CT molecular complexity index is 282. The Morgan fingerprint density at radius 3 is 1.85 bits per heavy atom. The molecule has 0 aliphatic carbocycles. The summed E-state index contributed by atoms with van der Waals surface area (Å²) >= 11 is 0. The minimum Gasteiger partial charge on any atom is -0.497 e. The first-order valence-electron chi connectivity index (χ1n) is 4.39. The average molecular weight is 179 g/mol. The van der Waals surface area contributed by atoms with Gasteiger partial charge in [0.15, 0.2) is 0 Å². The molecule has 0 N–H and O–H groups in total. The third-order valence-electron chi connectivity index (χ3n) is 2.15. The lowest BCUT2D eigenvalue weighted by molar-refractivity contribution is 0.414. The Morgan fingerprint density at radius 1 is 1.08 bits per heavy atom. The minimum atomic E-state index is 0.931. The molecule has 0 radical (unpaired) electrons. The summed E-state index contributed by atoms with van der Waals surface area (Å²) in [5.41, 5.74) is 3.78. The summed E-state index contributed by atoms with van der Waals surface area (Å²) in [7, 11) is 5.81. The maximum Gasteiger partial charge on any atom is 0.119 e. The van der Waals surface area contributed by atoms with Crippen molar-refractivity contribution in [2.24, 2.45) is 0 Å². The van der Waals surface area contributed by atoms with E-state index in [1.807, 2.05) is 0 Å². The van der Waals surface area contributed by atoms with Crippen LogP contribution in [0, 0.1) is 13.8 Å². The number of ether oxygens (including phenoxy) is 1. The van der Waals surface area contributed by atoms with E-state index in [0.29, 0.717) is 0 Å². The van der Waals surface area contributed by atoms with E-state index in [-0.39, 0.29) is 0 Å². The van der Waals surface area contributed by atoms with Crippen molar-refractivity contribution in [3.8, 4) is 5.75 Å². The molecule has 0 heterocycles. The molecule has 0 aliphatic heterocycles. The van der Waals surface area contributed by atoms with Gasteiger partial charge in [-0.05, 0) is 37.1 Å². The Labute approximate surface area is 80.1 Å². The molecule has 0 saturated carbocycles. The van der Waals surface area contributed by atoms with Crippen molar-refractivity contribution in [1.82, 2.24) is 0 Å². The molecule has 0 bridgehead atoms. The zero-order valence-corrected chi connectivity index (χ0v) is 9.01. The van der Waals surface area contributed by atoms with E-state index in [9.17, 15) is 0 Å². The third kappa shape index (κ3) is 1.94. The molecule has 1 aromatic rings. The maximum absolute atomic E-state index is 5.19. The summed E-state index contributed by atoms with van der Waals surface area (Å²) in [6, 6.07) is 4.12. The highest BCUT2D eigenvalue weighted by molar-refractivity contribution is 5.60. The first-order chi connectivity index (χ1) is 6.06. The molecular weight excluding hydrogens is 162 g/mol. The highest BCUT2D eigenvalue weighted by atomic mass is 16.5. The molecule has 0 saturated heterocycles. The van der Waals surface area contributed by atoms with Crippen molar-refractivity contribution in [1.29, 1.82) is 0 Å². The van der Waals surface area contributed by atoms with Gasteiger partial charge in [-0.3, -0.25) is 0 Å². The number of methoxy groups -OCH3 is 1. The van der Waals surface area contributed by atoms with Crippen LogP contribution in [0.3, 0.4) is 0 Å². The highest BCUT2D eigenvalue weighted by Gasteiger charge is 2.06. The molecule has 2 heteroatoms. The van der Waals surface area contributed by atoms with Crippen LogP contribution in [-0.2, 0) is 0 Å². The first-order valence-corrected chi connectivity index (χ1v) is 4.39. The Morgan fingerprint density at radius 2 is 1.54 bits per heavy atom.